The van der Waals surface area contributed by atoms with E-state index < -0.39 is 10.0 Å². The first-order valence-corrected chi connectivity index (χ1v) is 12.2. The standard InChI is InChI=1S/C26H26N2O4S/c1-4-32-23-10-8-22(9-11-23)28(33(30,31)24-12-5-18(2)6-13-24)17-21-16-20-15-19(3)7-14-25(20)27-26(21)29/h5-16H,4,17H2,1-3H3,(H,27,29). The van der Waals surface area contributed by atoms with Gasteiger partial charge in [0.05, 0.1) is 23.7 Å². The molecule has 0 saturated heterocycles. The maximum absolute atomic E-state index is 13.7. The molecular weight excluding hydrogens is 436 g/mol. The van der Waals surface area contributed by atoms with Crippen molar-refractivity contribution in [1.29, 1.82) is 0 Å². The van der Waals surface area contributed by atoms with Gasteiger partial charge in [-0.15, -0.1) is 0 Å². The highest BCUT2D eigenvalue weighted by atomic mass is 32.2. The van der Waals surface area contributed by atoms with Crippen molar-refractivity contribution in [2.75, 3.05) is 10.9 Å². The zero-order chi connectivity index (χ0) is 23.6. The molecule has 0 amide bonds. The Hall–Kier alpha value is -3.58. The molecule has 0 spiro atoms. The molecule has 0 atom stereocenters. The molecule has 1 heterocycles. The molecule has 0 unspecified atom stereocenters. The van der Waals surface area contributed by atoms with E-state index in [1.165, 1.54) is 4.31 Å². The number of aromatic nitrogens is 1. The first kappa shape index (κ1) is 22.6. The van der Waals surface area contributed by atoms with Gasteiger partial charge in [0.1, 0.15) is 5.75 Å². The molecule has 0 bridgehead atoms. The quantitative estimate of drug-likeness (QED) is 0.422. The highest BCUT2D eigenvalue weighted by Crippen LogP contribution is 2.28. The van der Waals surface area contributed by atoms with Crippen LogP contribution in [0.15, 0.2) is 82.5 Å². The summed E-state index contributed by atoms with van der Waals surface area (Å²) >= 11 is 0. The van der Waals surface area contributed by atoms with Crippen LogP contribution < -0.4 is 14.6 Å². The topological polar surface area (TPSA) is 79.5 Å². The predicted molar refractivity (Wildman–Crippen MR) is 131 cm³/mol. The van der Waals surface area contributed by atoms with E-state index in [4.69, 9.17) is 4.74 Å². The minimum absolute atomic E-state index is 0.108. The number of aryl methyl sites for hydroxylation is 2. The fourth-order valence-electron chi connectivity index (χ4n) is 3.67. The number of benzene rings is 3. The van der Waals surface area contributed by atoms with E-state index >= 15 is 0 Å². The highest BCUT2D eigenvalue weighted by Gasteiger charge is 2.26. The number of hydrogen-bond donors (Lipinski definition) is 1. The molecule has 0 radical (unpaired) electrons. The minimum atomic E-state index is -3.93. The lowest BCUT2D eigenvalue weighted by atomic mass is 10.1. The second-order valence-corrected chi connectivity index (χ2v) is 9.83. The summed E-state index contributed by atoms with van der Waals surface area (Å²) in [6.45, 7) is 6.16. The number of ether oxygens (including phenoxy) is 1. The molecule has 33 heavy (non-hydrogen) atoms. The zero-order valence-electron chi connectivity index (χ0n) is 18.8. The van der Waals surface area contributed by atoms with Crippen molar-refractivity contribution in [3.63, 3.8) is 0 Å². The zero-order valence-corrected chi connectivity index (χ0v) is 19.6. The number of hydrogen-bond acceptors (Lipinski definition) is 4. The van der Waals surface area contributed by atoms with Crippen LogP contribution in [0, 0.1) is 13.8 Å². The lowest BCUT2D eigenvalue weighted by Crippen LogP contribution is -2.33. The van der Waals surface area contributed by atoms with Crippen molar-refractivity contribution in [3.8, 4) is 5.75 Å². The maximum atomic E-state index is 13.7. The number of anilines is 1. The van der Waals surface area contributed by atoms with Crippen molar-refractivity contribution in [3.05, 3.63) is 99.8 Å². The lowest BCUT2D eigenvalue weighted by molar-refractivity contribution is 0.340. The summed E-state index contributed by atoms with van der Waals surface area (Å²) in [4.78, 5) is 15.9. The maximum Gasteiger partial charge on any atom is 0.264 e. The van der Waals surface area contributed by atoms with E-state index in [-0.39, 0.29) is 17.0 Å². The van der Waals surface area contributed by atoms with Gasteiger partial charge in [-0.3, -0.25) is 9.10 Å². The molecule has 0 aliphatic carbocycles. The first-order valence-electron chi connectivity index (χ1n) is 10.7. The number of fused-ring (bicyclic) bond motifs is 1. The van der Waals surface area contributed by atoms with Gasteiger partial charge in [-0.25, -0.2) is 8.42 Å². The Labute approximate surface area is 193 Å². The second kappa shape index (κ2) is 9.11. The van der Waals surface area contributed by atoms with Crippen LogP contribution in [0.5, 0.6) is 5.75 Å². The third kappa shape index (κ3) is 4.78. The van der Waals surface area contributed by atoms with Crippen LogP contribution in [0.25, 0.3) is 10.9 Å². The van der Waals surface area contributed by atoms with E-state index in [1.807, 2.05) is 39.0 Å². The van der Waals surface area contributed by atoms with Gasteiger partial charge in [0.2, 0.25) is 0 Å². The smallest absolute Gasteiger partial charge is 0.264 e. The third-order valence-electron chi connectivity index (χ3n) is 5.44. The number of rotatable bonds is 7. The highest BCUT2D eigenvalue weighted by molar-refractivity contribution is 7.92. The molecule has 7 heteroatoms. The Morgan fingerprint density at radius 3 is 2.21 bits per heavy atom. The van der Waals surface area contributed by atoms with Crippen LogP contribution in [0.3, 0.4) is 0 Å². The molecule has 0 saturated carbocycles. The third-order valence-corrected chi connectivity index (χ3v) is 7.22. The number of nitrogens with one attached hydrogen (secondary N) is 1. The molecule has 6 nitrogen and oxygen atoms in total. The van der Waals surface area contributed by atoms with Crippen molar-refractivity contribution >= 4 is 26.6 Å². The van der Waals surface area contributed by atoms with Gasteiger partial charge < -0.3 is 9.72 Å². The molecule has 0 aliphatic heterocycles. The van der Waals surface area contributed by atoms with Crippen molar-refractivity contribution in [1.82, 2.24) is 4.98 Å². The average Bonchev–Trinajstić information content (AvgIpc) is 2.79. The van der Waals surface area contributed by atoms with Crippen LogP contribution >= 0.6 is 0 Å². The SMILES string of the molecule is CCOc1ccc(N(Cc2cc3cc(C)ccc3[nH]c2=O)S(=O)(=O)c2ccc(C)cc2)cc1. The summed E-state index contributed by atoms with van der Waals surface area (Å²) in [6, 6.07) is 21.0. The Morgan fingerprint density at radius 1 is 0.879 bits per heavy atom. The Balaban J connectivity index is 1.82. The fourth-order valence-corrected chi connectivity index (χ4v) is 5.11. The lowest BCUT2D eigenvalue weighted by Gasteiger charge is -2.25. The van der Waals surface area contributed by atoms with E-state index in [2.05, 4.69) is 4.98 Å². The van der Waals surface area contributed by atoms with E-state index in [0.717, 1.165) is 16.5 Å². The van der Waals surface area contributed by atoms with Crippen molar-refractivity contribution < 1.29 is 13.2 Å². The number of aromatic amines is 1. The largest absolute Gasteiger partial charge is 0.494 e. The monoisotopic (exact) mass is 462 g/mol. The van der Waals surface area contributed by atoms with Crippen LogP contribution in [0.4, 0.5) is 5.69 Å². The molecule has 170 valence electrons. The summed E-state index contributed by atoms with van der Waals surface area (Å²) in [7, 11) is -3.93. The van der Waals surface area contributed by atoms with Gasteiger partial charge in [-0.05, 0) is 80.8 Å². The van der Waals surface area contributed by atoms with Gasteiger partial charge >= 0.3 is 0 Å². The van der Waals surface area contributed by atoms with Gasteiger partial charge in [-0.1, -0.05) is 29.3 Å². The normalized spacial score (nSPS) is 11.5. The van der Waals surface area contributed by atoms with Gasteiger partial charge in [0.15, 0.2) is 0 Å². The fraction of sp³-hybridized carbons (Fsp3) is 0.192. The summed E-state index contributed by atoms with van der Waals surface area (Å²) < 4.78 is 34.1. The number of pyridine rings is 1. The minimum Gasteiger partial charge on any atom is -0.494 e. The molecule has 3 aromatic carbocycles. The van der Waals surface area contributed by atoms with Crippen molar-refractivity contribution in [2.45, 2.75) is 32.2 Å². The number of H-pyrrole nitrogens is 1. The number of sulfonamides is 1. The Kier molecular flexibility index (Phi) is 6.24. The molecule has 1 aromatic heterocycles. The van der Waals surface area contributed by atoms with Gasteiger partial charge in [-0.2, -0.15) is 0 Å². The Morgan fingerprint density at radius 2 is 1.55 bits per heavy atom. The Bertz CT molecular complexity index is 1440. The molecule has 4 rings (SSSR count). The van der Waals surface area contributed by atoms with Gasteiger partial charge in [0.25, 0.3) is 15.6 Å². The average molecular weight is 463 g/mol. The van der Waals surface area contributed by atoms with Crippen LogP contribution in [-0.2, 0) is 16.6 Å². The van der Waals surface area contributed by atoms with E-state index in [0.29, 0.717) is 29.1 Å². The molecule has 0 aliphatic rings. The molecule has 0 fully saturated rings. The summed E-state index contributed by atoms with van der Waals surface area (Å²) in [6.07, 6.45) is 0. The van der Waals surface area contributed by atoms with Crippen molar-refractivity contribution in [2.24, 2.45) is 0 Å². The molecule has 4 aromatic rings. The second-order valence-electron chi connectivity index (χ2n) is 7.97. The van der Waals surface area contributed by atoms with E-state index in [9.17, 15) is 13.2 Å². The summed E-state index contributed by atoms with van der Waals surface area (Å²) in [5.74, 6) is 0.646. The summed E-state index contributed by atoms with van der Waals surface area (Å²) in [5, 5.41) is 0.851. The van der Waals surface area contributed by atoms with Crippen LogP contribution in [-0.4, -0.2) is 20.0 Å². The first-order chi connectivity index (χ1) is 15.8. The predicted octanol–water partition coefficient (Wildman–Crippen LogP) is 4.94. The van der Waals surface area contributed by atoms with Crippen LogP contribution in [0.1, 0.15) is 23.6 Å². The van der Waals surface area contributed by atoms with Gasteiger partial charge in [0, 0.05) is 11.1 Å². The summed E-state index contributed by atoms with van der Waals surface area (Å²) in [5.41, 5.74) is 3.21. The number of nitrogens with zero attached hydrogens (tertiary/aromatic N) is 1. The molecule has 1 N–H and O–H groups in total. The molecular formula is C26H26N2O4S. The van der Waals surface area contributed by atoms with E-state index in [1.54, 1.807) is 54.6 Å². The van der Waals surface area contributed by atoms with Crippen LogP contribution in [0.2, 0.25) is 0 Å².